The van der Waals surface area contributed by atoms with Crippen molar-refractivity contribution >= 4 is 33.3 Å². The Bertz CT molecular complexity index is 713. The lowest BCUT2D eigenvalue weighted by molar-refractivity contribution is 0.256. The molecule has 1 aromatic carbocycles. The summed E-state index contributed by atoms with van der Waals surface area (Å²) < 4.78 is 26.7. The lowest BCUT2D eigenvalue weighted by atomic mass is 9.92. The molecule has 1 heterocycles. The van der Waals surface area contributed by atoms with Gasteiger partial charge in [0.15, 0.2) is 0 Å². The molecule has 0 aliphatic carbocycles. The van der Waals surface area contributed by atoms with Crippen LogP contribution < -0.4 is 15.4 Å². The van der Waals surface area contributed by atoms with Gasteiger partial charge in [0.2, 0.25) is 10.0 Å². The second-order valence-corrected chi connectivity index (χ2v) is 9.38. The van der Waals surface area contributed by atoms with Crippen LogP contribution in [-0.4, -0.2) is 32.8 Å². The largest absolute Gasteiger partial charge is 0.332 e. The van der Waals surface area contributed by atoms with E-state index in [1.54, 1.807) is 0 Å². The summed E-state index contributed by atoms with van der Waals surface area (Å²) in [4.78, 5) is 12.4. The van der Waals surface area contributed by atoms with Gasteiger partial charge in [-0.05, 0) is 48.1 Å². The van der Waals surface area contributed by atoms with Gasteiger partial charge >= 0.3 is 6.03 Å². The number of hydrogen-bond acceptors (Lipinski definition) is 4. The third-order valence-corrected chi connectivity index (χ3v) is 6.30. The van der Waals surface area contributed by atoms with Crippen LogP contribution in [0.3, 0.4) is 0 Å². The van der Waals surface area contributed by atoms with E-state index in [1.165, 1.54) is 0 Å². The number of urea groups is 1. The molecule has 0 bridgehead atoms. The highest BCUT2D eigenvalue weighted by molar-refractivity contribution is 7.90. The van der Waals surface area contributed by atoms with Gasteiger partial charge in [0.05, 0.1) is 5.25 Å². The van der Waals surface area contributed by atoms with Crippen molar-refractivity contribution < 1.29 is 13.2 Å². The number of hydrogen-bond donors (Lipinski definition) is 3. The highest BCUT2D eigenvalue weighted by Crippen LogP contribution is 2.35. The summed E-state index contributed by atoms with van der Waals surface area (Å²) in [5.74, 6) is 0.254. The van der Waals surface area contributed by atoms with Gasteiger partial charge in [-0.15, -0.1) is 0 Å². The number of nitrogens with one attached hydrogen (secondary N) is 3. The first-order valence-electron chi connectivity index (χ1n) is 8.48. The third kappa shape index (κ3) is 4.86. The van der Waals surface area contributed by atoms with Crippen molar-refractivity contribution in [2.45, 2.75) is 51.2 Å². The highest BCUT2D eigenvalue weighted by atomic mass is 35.5. The number of amides is 2. The molecule has 1 atom stereocenters. The molecule has 0 radical (unpaired) electrons. The van der Waals surface area contributed by atoms with Gasteiger partial charge in [-0.25, -0.2) is 17.9 Å². The van der Waals surface area contributed by atoms with Crippen molar-refractivity contribution in [3.8, 4) is 0 Å². The molecule has 1 aliphatic rings. The zero-order chi connectivity index (χ0) is 18.8. The van der Waals surface area contributed by atoms with Crippen LogP contribution in [0.25, 0.3) is 0 Å². The summed E-state index contributed by atoms with van der Waals surface area (Å²) in [7, 11) is -3.70. The second-order valence-electron chi connectivity index (χ2n) is 6.98. The van der Waals surface area contributed by atoms with Crippen molar-refractivity contribution in [3.05, 3.63) is 28.3 Å². The molecule has 1 saturated heterocycles. The van der Waals surface area contributed by atoms with Crippen molar-refractivity contribution in [2.75, 3.05) is 18.4 Å². The van der Waals surface area contributed by atoms with Gasteiger partial charge in [0.1, 0.15) is 0 Å². The smallest absolute Gasteiger partial charge is 0.315 e. The number of halogens is 1. The number of carbonyl (C=O) groups is 1. The van der Waals surface area contributed by atoms with E-state index in [1.807, 2.05) is 39.8 Å². The Morgan fingerprint density at radius 1 is 1.20 bits per heavy atom. The fourth-order valence-corrected chi connectivity index (χ4v) is 4.43. The molecule has 25 heavy (non-hydrogen) atoms. The minimum atomic E-state index is -3.70. The van der Waals surface area contributed by atoms with Gasteiger partial charge in [-0.2, -0.15) is 0 Å². The summed E-state index contributed by atoms with van der Waals surface area (Å²) >= 11 is 6.21. The van der Waals surface area contributed by atoms with E-state index in [9.17, 15) is 13.2 Å². The van der Waals surface area contributed by atoms with Gasteiger partial charge in [-0.1, -0.05) is 39.3 Å². The van der Waals surface area contributed by atoms with Crippen LogP contribution in [0.2, 0.25) is 5.02 Å². The molecule has 1 unspecified atom stereocenters. The molecule has 2 rings (SSSR count). The molecule has 0 spiro atoms. The molecule has 1 fully saturated rings. The van der Waals surface area contributed by atoms with Gasteiger partial charge in [0, 0.05) is 17.3 Å². The SMILES string of the molecule is CC(C)c1cc(Cl)cc(C(C)C)c1NC(=O)NS(=O)(=O)C1CCNC1. The molecule has 1 aliphatic heterocycles. The summed E-state index contributed by atoms with van der Waals surface area (Å²) in [6.45, 7) is 9.00. The van der Waals surface area contributed by atoms with E-state index >= 15 is 0 Å². The molecule has 2 amide bonds. The van der Waals surface area contributed by atoms with Crippen LogP contribution in [-0.2, 0) is 10.0 Å². The predicted molar refractivity (Wildman–Crippen MR) is 102 cm³/mol. The maximum Gasteiger partial charge on any atom is 0.332 e. The van der Waals surface area contributed by atoms with Crippen LogP contribution in [0, 0.1) is 0 Å². The third-order valence-electron chi connectivity index (χ3n) is 4.34. The highest BCUT2D eigenvalue weighted by Gasteiger charge is 2.30. The van der Waals surface area contributed by atoms with Gasteiger partial charge < -0.3 is 10.6 Å². The fourth-order valence-electron chi connectivity index (χ4n) is 2.95. The van der Waals surface area contributed by atoms with Crippen LogP contribution in [0.4, 0.5) is 10.5 Å². The monoisotopic (exact) mass is 387 g/mol. The zero-order valence-corrected chi connectivity index (χ0v) is 16.6. The van der Waals surface area contributed by atoms with Crippen LogP contribution in [0.5, 0.6) is 0 Å². The zero-order valence-electron chi connectivity index (χ0n) is 15.0. The van der Waals surface area contributed by atoms with Crippen molar-refractivity contribution in [1.29, 1.82) is 0 Å². The quantitative estimate of drug-likeness (QED) is 0.722. The minimum Gasteiger partial charge on any atom is -0.315 e. The van der Waals surface area contributed by atoms with E-state index in [4.69, 9.17) is 11.6 Å². The molecule has 6 nitrogen and oxygen atoms in total. The Labute approximate surface area is 154 Å². The normalized spacial score (nSPS) is 18.0. The Morgan fingerprint density at radius 2 is 1.76 bits per heavy atom. The van der Waals surface area contributed by atoms with Crippen molar-refractivity contribution in [3.63, 3.8) is 0 Å². The number of sulfonamides is 1. The first-order chi connectivity index (χ1) is 11.6. The maximum absolute atomic E-state index is 12.4. The van der Waals surface area contributed by atoms with Crippen LogP contribution in [0.1, 0.15) is 57.1 Å². The minimum absolute atomic E-state index is 0.127. The Hall–Kier alpha value is -1.31. The fraction of sp³-hybridized carbons (Fsp3) is 0.588. The van der Waals surface area contributed by atoms with E-state index in [2.05, 4.69) is 15.4 Å². The average molecular weight is 388 g/mol. The van der Waals surface area contributed by atoms with E-state index < -0.39 is 21.3 Å². The lowest BCUT2D eigenvalue weighted by Gasteiger charge is -2.21. The Balaban J connectivity index is 2.27. The summed E-state index contributed by atoms with van der Waals surface area (Å²) in [5.41, 5.74) is 2.39. The van der Waals surface area contributed by atoms with E-state index in [0.29, 0.717) is 30.2 Å². The molecule has 0 aromatic heterocycles. The topological polar surface area (TPSA) is 87.3 Å². The predicted octanol–water partition coefficient (Wildman–Crippen LogP) is 3.40. The Morgan fingerprint density at radius 3 is 2.20 bits per heavy atom. The number of benzene rings is 1. The molecular formula is C17H26ClN3O3S. The van der Waals surface area contributed by atoms with Gasteiger partial charge in [-0.3, -0.25) is 0 Å². The van der Waals surface area contributed by atoms with Gasteiger partial charge in [0.25, 0.3) is 0 Å². The van der Waals surface area contributed by atoms with E-state index in [0.717, 1.165) is 11.1 Å². The first-order valence-corrected chi connectivity index (χ1v) is 10.4. The summed E-state index contributed by atoms with van der Waals surface area (Å²) in [6.07, 6.45) is 0.498. The molecule has 3 N–H and O–H groups in total. The lowest BCUT2D eigenvalue weighted by Crippen LogP contribution is -2.41. The first kappa shape index (κ1) is 20.0. The molecule has 0 saturated carbocycles. The van der Waals surface area contributed by atoms with Crippen molar-refractivity contribution in [1.82, 2.24) is 10.0 Å². The van der Waals surface area contributed by atoms with Crippen molar-refractivity contribution in [2.24, 2.45) is 0 Å². The maximum atomic E-state index is 12.4. The Kier molecular flexibility index (Phi) is 6.35. The molecule has 1 aromatic rings. The number of anilines is 1. The van der Waals surface area contributed by atoms with E-state index in [-0.39, 0.29) is 11.8 Å². The summed E-state index contributed by atoms with van der Waals surface area (Å²) in [6, 6.07) is 2.88. The molecular weight excluding hydrogens is 362 g/mol. The molecule has 140 valence electrons. The average Bonchev–Trinajstić information content (AvgIpc) is 3.02. The summed E-state index contributed by atoms with van der Waals surface area (Å²) in [5, 5.41) is 5.74. The van der Waals surface area contributed by atoms with Crippen LogP contribution in [0.15, 0.2) is 12.1 Å². The number of rotatable bonds is 5. The molecule has 8 heteroatoms. The van der Waals surface area contributed by atoms with Crippen LogP contribution >= 0.6 is 11.6 Å². The second kappa shape index (κ2) is 7.93. The number of carbonyl (C=O) groups excluding carboxylic acids is 1. The standard InChI is InChI=1S/C17H26ClN3O3S/c1-10(2)14-7-12(18)8-15(11(3)4)16(14)20-17(22)21-25(23,24)13-5-6-19-9-13/h7-8,10-11,13,19H,5-6,9H2,1-4H3,(H2,20,21,22).